The van der Waals surface area contributed by atoms with Crippen molar-refractivity contribution in [3.05, 3.63) is 34.6 Å². The standard InChI is InChI=1S/C12H14ClFO2/c1-3-12(4-2,11(15)16)8-6-5-7-9(13)10(8)14/h5-7H,3-4H2,1-2H3,(H,15,16). The minimum Gasteiger partial charge on any atom is -0.481 e. The van der Waals surface area contributed by atoms with Gasteiger partial charge in [0.1, 0.15) is 5.82 Å². The van der Waals surface area contributed by atoms with E-state index in [0.717, 1.165) is 0 Å². The Labute approximate surface area is 99.0 Å². The van der Waals surface area contributed by atoms with Crippen LogP contribution in [0, 0.1) is 5.82 Å². The molecule has 0 bridgehead atoms. The minimum atomic E-state index is -1.19. The Bertz CT molecular complexity index is 400. The van der Waals surface area contributed by atoms with Gasteiger partial charge in [0, 0.05) is 5.56 Å². The molecule has 0 aliphatic heterocycles. The first-order valence-electron chi connectivity index (χ1n) is 5.17. The van der Waals surface area contributed by atoms with Crippen molar-refractivity contribution < 1.29 is 14.3 Å². The Hall–Kier alpha value is -1.09. The zero-order chi connectivity index (χ0) is 12.3. The zero-order valence-corrected chi connectivity index (χ0v) is 10.0. The molecule has 1 aromatic rings. The second kappa shape index (κ2) is 4.83. The molecule has 0 aromatic heterocycles. The van der Waals surface area contributed by atoms with Crippen LogP contribution in [0.5, 0.6) is 0 Å². The maximum Gasteiger partial charge on any atom is 0.314 e. The first kappa shape index (κ1) is 13.0. The van der Waals surface area contributed by atoms with Crippen molar-refractivity contribution >= 4 is 17.6 Å². The molecular weight excluding hydrogens is 231 g/mol. The molecule has 0 unspecified atom stereocenters. The van der Waals surface area contributed by atoms with Crippen molar-refractivity contribution in [1.29, 1.82) is 0 Å². The second-order valence-electron chi connectivity index (χ2n) is 3.70. The summed E-state index contributed by atoms with van der Waals surface area (Å²) in [5.74, 6) is -1.64. The van der Waals surface area contributed by atoms with E-state index in [1.54, 1.807) is 19.9 Å². The van der Waals surface area contributed by atoms with Gasteiger partial charge in [0.2, 0.25) is 0 Å². The molecule has 0 saturated heterocycles. The molecule has 88 valence electrons. The largest absolute Gasteiger partial charge is 0.481 e. The number of rotatable bonds is 4. The summed E-state index contributed by atoms with van der Waals surface area (Å²) in [6.07, 6.45) is 0.659. The molecule has 2 nitrogen and oxygen atoms in total. The maximum atomic E-state index is 13.8. The molecule has 0 aliphatic rings. The van der Waals surface area contributed by atoms with Crippen LogP contribution in [0.15, 0.2) is 18.2 Å². The van der Waals surface area contributed by atoms with Gasteiger partial charge in [-0.3, -0.25) is 4.79 Å². The third-order valence-corrected chi connectivity index (χ3v) is 3.38. The highest BCUT2D eigenvalue weighted by Gasteiger charge is 2.39. The molecule has 0 amide bonds. The van der Waals surface area contributed by atoms with E-state index >= 15 is 0 Å². The molecule has 0 fully saturated rings. The molecule has 0 heterocycles. The summed E-state index contributed by atoms with van der Waals surface area (Å²) < 4.78 is 13.8. The molecule has 0 spiro atoms. The van der Waals surface area contributed by atoms with Crippen molar-refractivity contribution in [2.24, 2.45) is 0 Å². The number of carbonyl (C=O) groups is 1. The normalized spacial score (nSPS) is 11.5. The monoisotopic (exact) mass is 244 g/mol. The van der Waals surface area contributed by atoms with Crippen molar-refractivity contribution in [3.63, 3.8) is 0 Å². The first-order chi connectivity index (χ1) is 7.49. The Morgan fingerprint density at radius 1 is 1.44 bits per heavy atom. The van der Waals surface area contributed by atoms with E-state index in [1.165, 1.54) is 12.1 Å². The lowest BCUT2D eigenvalue weighted by Crippen LogP contribution is -2.35. The van der Waals surface area contributed by atoms with Gasteiger partial charge in [-0.15, -0.1) is 0 Å². The highest BCUT2D eigenvalue weighted by Crippen LogP contribution is 2.35. The second-order valence-corrected chi connectivity index (χ2v) is 4.10. The quantitative estimate of drug-likeness (QED) is 0.878. The van der Waals surface area contributed by atoms with Crippen molar-refractivity contribution in [1.82, 2.24) is 0 Å². The maximum absolute atomic E-state index is 13.8. The average molecular weight is 245 g/mol. The summed E-state index contributed by atoms with van der Waals surface area (Å²) in [7, 11) is 0. The first-order valence-corrected chi connectivity index (χ1v) is 5.55. The predicted molar refractivity (Wildman–Crippen MR) is 61.3 cm³/mol. The van der Waals surface area contributed by atoms with Crippen LogP contribution in [0.3, 0.4) is 0 Å². The summed E-state index contributed by atoms with van der Waals surface area (Å²) in [6.45, 7) is 3.47. The van der Waals surface area contributed by atoms with Gasteiger partial charge in [-0.25, -0.2) is 4.39 Å². The molecule has 4 heteroatoms. The van der Waals surface area contributed by atoms with Crippen LogP contribution in [0.4, 0.5) is 4.39 Å². The van der Waals surface area contributed by atoms with Gasteiger partial charge in [-0.2, -0.15) is 0 Å². The minimum absolute atomic E-state index is 0.0370. The average Bonchev–Trinajstić information content (AvgIpc) is 2.26. The van der Waals surface area contributed by atoms with Crippen LogP contribution < -0.4 is 0 Å². The highest BCUT2D eigenvalue weighted by atomic mass is 35.5. The van der Waals surface area contributed by atoms with Gasteiger partial charge in [0.25, 0.3) is 0 Å². The van der Waals surface area contributed by atoms with Crippen molar-refractivity contribution in [2.75, 3.05) is 0 Å². The molecular formula is C12H14ClFO2. The van der Waals surface area contributed by atoms with E-state index in [0.29, 0.717) is 12.8 Å². The van der Waals surface area contributed by atoms with E-state index in [2.05, 4.69) is 0 Å². The predicted octanol–water partition coefficient (Wildman–Crippen LogP) is 3.62. The number of hydrogen-bond acceptors (Lipinski definition) is 1. The van der Waals surface area contributed by atoms with E-state index in [-0.39, 0.29) is 10.6 Å². The molecule has 16 heavy (non-hydrogen) atoms. The van der Waals surface area contributed by atoms with Gasteiger partial charge in [-0.05, 0) is 18.9 Å². The number of carboxylic acid groups (broad SMARTS) is 1. The summed E-state index contributed by atoms with van der Waals surface area (Å²) in [5.41, 5.74) is -1.02. The fraction of sp³-hybridized carbons (Fsp3) is 0.417. The Kier molecular flexibility index (Phi) is 3.92. The number of carboxylic acids is 1. The molecule has 0 saturated carbocycles. The van der Waals surface area contributed by atoms with Gasteiger partial charge in [0.05, 0.1) is 10.4 Å². The van der Waals surface area contributed by atoms with E-state index in [9.17, 15) is 14.3 Å². The van der Waals surface area contributed by atoms with Crippen LogP contribution in [0.25, 0.3) is 0 Å². The molecule has 0 aliphatic carbocycles. The van der Waals surface area contributed by atoms with Crippen molar-refractivity contribution in [3.8, 4) is 0 Å². The molecule has 1 rings (SSSR count). The lowest BCUT2D eigenvalue weighted by Gasteiger charge is -2.27. The molecule has 0 atom stereocenters. The summed E-state index contributed by atoms with van der Waals surface area (Å²) in [4.78, 5) is 11.3. The summed E-state index contributed by atoms with van der Waals surface area (Å²) in [5, 5.41) is 9.25. The van der Waals surface area contributed by atoms with Crippen LogP contribution in [-0.4, -0.2) is 11.1 Å². The SMILES string of the molecule is CCC(CC)(C(=O)O)c1cccc(Cl)c1F. The molecule has 1 N–H and O–H groups in total. The van der Waals surface area contributed by atoms with Gasteiger partial charge in [0.15, 0.2) is 0 Å². The highest BCUT2D eigenvalue weighted by molar-refractivity contribution is 6.30. The summed E-state index contributed by atoms with van der Waals surface area (Å²) >= 11 is 5.67. The third kappa shape index (κ3) is 1.92. The molecule has 0 radical (unpaired) electrons. The van der Waals surface area contributed by atoms with Crippen molar-refractivity contribution in [2.45, 2.75) is 32.1 Å². The smallest absolute Gasteiger partial charge is 0.314 e. The Morgan fingerprint density at radius 3 is 2.44 bits per heavy atom. The van der Waals surface area contributed by atoms with Gasteiger partial charge < -0.3 is 5.11 Å². The van der Waals surface area contributed by atoms with E-state index in [4.69, 9.17) is 11.6 Å². The van der Waals surface area contributed by atoms with E-state index in [1.807, 2.05) is 0 Å². The Balaban J connectivity index is 3.43. The molecule has 1 aromatic carbocycles. The van der Waals surface area contributed by atoms with Crippen LogP contribution in [0.1, 0.15) is 32.3 Å². The Morgan fingerprint density at radius 2 is 2.00 bits per heavy atom. The number of aliphatic carboxylic acids is 1. The fourth-order valence-corrected chi connectivity index (χ4v) is 2.10. The van der Waals surface area contributed by atoms with Gasteiger partial charge in [-0.1, -0.05) is 37.6 Å². The van der Waals surface area contributed by atoms with Crippen LogP contribution in [0.2, 0.25) is 5.02 Å². The summed E-state index contributed by atoms with van der Waals surface area (Å²) in [6, 6.07) is 4.48. The van der Waals surface area contributed by atoms with Gasteiger partial charge >= 0.3 is 5.97 Å². The van der Waals surface area contributed by atoms with E-state index < -0.39 is 17.2 Å². The van der Waals surface area contributed by atoms with Crippen LogP contribution >= 0.6 is 11.6 Å². The lowest BCUT2D eigenvalue weighted by molar-refractivity contribution is -0.144. The zero-order valence-electron chi connectivity index (χ0n) is 9.26. The number of hydrogen-bond donors (Lipinski definition) is 1. The topological polar surface area (TPSA) is 37.3 Å². The number of halogens is 2. The third-order valence-electron chi connectivity index (χ3n) is 3.08. The number of benzene rings is 1. The van der Waals surface area contributed by atoms with Crippen LogP contribution in [-0.2, 0) is 10.2 Å². The fourth-order valence-electron chi connectivity index (χ4n) is 1.92. The lowest BCUT2D eigenvalue weighted by atomic mass is 9.75.